The molecule has 0 aliphatic rings. The van der Waals surface area contributed by atoms with E-state index in [1.165, 1.54) is 72.3 Å². The van der Waals surface area contributed by atoms with Crippen molar-refractivity contribution in [1.29, 1.82) is 0 Å². The molecular formula is C55H38O. The van der Waals surface area contributed by atoms with Crippen LogP contribution in [0.1, 0.15) is 22.6 Å². The molecule has 264 valence electrons. The maximum Gasteiger partial charge on any atom is 0.135 e. The number of fused-ring (bicyclic) bond motifs is 3. The van der Waals surface area contributed by atoms with E-state index < -0.39 is 0 Å². The molecule has 10 aromatic rings. The van der Waals surface area contributed by atoms with Gasteiger partial charge in [0, 0.05) is 16.7 Å². The van der Waals surface area contributed by atoms with E-state index >= 15 is 0 Å². The summed E-state index contributed by atoms with van der Waals surface area (Å²) >= 11 is 0. The van der Waals surface area contributed by atoms with E-state index in [1.54, 1.807) is 0 Å². The van der Waals surface area contributed by atoms with Crippen LogP contribution in [0.4, 0.5) is 0 Å². The summed E-state index contributed by atoms with van der Waals surface area (Å²) in [5, 5.41) is 2.29. The number of hydrogen-bond donors (Lipinski definition) is 0. The largest absolute Gasteiger partial charge is 0.456 e. The molecule has 10 rings (SSSR count). The zero-order chi connectivity index (χ0) is 37.3. The van der Waals surface area contributed by atoms with Crippen molar-refractivity contribution in [1.82, 2.24) is 0 Å². The molecular weight excluding hydrogens is 677 g/mol. The third-order valence-corrected chi connectivity index (χ3v) is 11.1. The Hall–Kier alpha value is -7.22. The number of furan rings is 1. The molecule has 0 saturated heterocycles. The highest BCUT2D eigenvalue weighted by Crippen LogP contribution is 2.38. The highest BCUT2D eigenvalue weighted by atomic mass is 16.3. The van der Waals surface area contributed by atoms with E-state index in [4.69, 9.17) is 4.42 Å². The summed E-state index contributed by atoms with van der Waals surface area (Å²) in [4.78, 5) is 0. The van der Waals surface area contributed by atoms with Crippen LogP contribution in [0.3, 0.4) is 0 Å². The highest BCUT2D eigenvalue weighted by Gasteiger charge is 2.18. The number of rotatable bonds is 8. The Morgan fingerprint density at radius 3 is 1.09 bits per heavy atom. The van der Waals surface area contributed by atoms with Crippen molar-refractivity contribution >= 4 is 21.9 Å². The molecule has 0 bridgehead atoms. The monoisotopic (exact) mass is 714 g/mol. The molecule has 0 radical (unpaired) electrons. The van der Waals surface area contributed by atoms with Gasteiger partial charge in [-0.15, -0.1) is 0 Å². The third kappa shape index (κ3) is 6.50. The quantitative estimate of drug-likeness (QED) is 0.143. The molecule has 1 heteroatoms. The van der Waals surface area contributed by atoms with Crippen LogP contribution in [0.2, 0.25) is 0 Å². The lowest BCUT2D eigenvalue weighted by Gasteiger charge is -2.20. The molecule has 1 unspecified atom stereocenters. The Morgan fingerprint density at radius 1 is 0.232 bits per heavy atom. The van der Waals surface area contributed by atoms with E-state index in [2.05, 4.69) is 212 Å². The van der Waals surface area contributed by atoms with E-state index in [0.29, 0.717) is 0 Å². The van der Waals surface area contributed by atoms with Crippen LogP contribution in [-0.4, -0.2) is 0 Å². The summed E-state index contributed by atoms with van der Waals surface area (Å²) in [5.74, 6) is 0.0588. The minimum absolute atomic E-state index is 0.0588. The fourth-order valence-electron chi connectivity index (χ4n) is 8.08. The average molecular weight is 715 g/mol. The standard InChI is InChI=1S/C55H38O/c1-3-10-38(11-4-1)40-18-20-41(21-19-40)42-22-28-45(29-23-42)55(46-30-24-43(25-31-46)49-15-9-14-48(36-49)39-12-5-2-6-13-39)47-32-26-44(27-33-47)50-34-35-54-52(37-50)51-16-7-8-17-53(51)56-54/h1-37,55H. The van der Waals surface area contributed by atoms with Gasteiger partial charge in [0.25, 0.3) is 0 Å². The average Bonchev–Trinajstić information content (AvgIpc) is 3.66. The van der Waals surface area contributed by atoms with Crippen molar-refractivity contribution in [2.75, 3.05) is 0 Å². The molecule has 1 heterocycles. The van der Waals surface area contributed by atoms with Crippen LogP contribution >= 0.6 is 0 Å². The first-order valence-corrected chi connectivity index (χ1v) is 19.3. The van der Waals surface area contributed by atoms with Crippen LogP contribution in [-0.2, 0) is 0 Å². The molecule has 0 spiro atoms. The van der Waals surface area contributed by atoms with Gasteiger partial charge < -0.3 is 4.42 Å². The van der Waals surface area contributed by atoms with Crippen LogP contribution in [0.25, 0.3) is 77.6 Å². The first-order valence-electron chi connectivity index (χ1n) is 19.3. The first kappa shape index (κ1) is 33.4. The molecule has 0 saturated carbocycles. The summed E-state index contributed by atoms with van der Waals surface area (Å²) in [6, 6.07) is 81.0. The van der Waals surface area contributed by atoms with E-state index in [0.717, 1.165) is 21.9 Å². The van der Waals surface area contributed by atoms with Crippen molar-refractivity contribution in [3.63, 3.8) is 0 Å². The smallest absolute Gasteiger partial charge is 0.135 e. The van der Waals surface area contributed by atoms with Crippen molar-refractivity contribution in [3.8, 4) is 55.6 Å². The maximum absolute atomic E-state index is 6.11. The summed E-state index contributed by atoms with van der Waals surface area (Å²) in [6.07, 6.45) is 0. The second kappa shape index (κ2) is 14.5. The summed E-state index contributed by atoms with van der Waals surface area (Å²) < 4.78 is 6.11. The fraction of sp³-hybridized carbons (Fsp3) is 0.0182. The Bertz CT molecular complexity index is 2900. The molecule has 1 nitrogen and oxygen atoms in total. The van der Waals surface area contributed by atoms with Gasteiger partial charge in [0.1, 0.15) is 11.2 Å². The van der Waals surface area contributed by atoms with Gasteiger partial charge in [-0.3, -0.25) is 0 Å². The second-order valence-corrected chi connectivity index (χ2v) is 14.5. The van der Waals surface area contributed by atoms with Crippen molar-refractivity contribution in [2.45, 2.75) is 5.92 Å². The van der Waals surface area contributed by atoms with Crippen LogP contribution in [0.15, 0.2) is 229 Å². The summed E-state index contributed by atoms with van der Waals surface area (Å²) in [5.41, 5.74) is 17.7. The first-order chi connectivity index (χ1) is 27.7. The SMILES string of the molecule is c1ccc(-c2ccc(-c3ccc(C(c4ccc(-c5cccc(-c6ccccc6)c5)cc4)c4ccc(-c5ccc6oc7ccccc7c6c5)cc4)cc3)cc2)cc1. The van der Waals surface area contributed by atoms with Gasteiger partial charge in [-0.05, 0) is 96.6 Å². The van der Waals surface area contributed by atoms with Gasteiger partial charge in [-0.1, -0.05) is 200 Å². The van der Waals surface area contributed by atoms with E-state index in [9.17, 15) is 0 Å². The lowest BCUT2D eigenvalue weighted by atomic mass is 9.83. The molecule has 0 aliphatic carbocycles. The molecule has 1 aromatic heterocycles. The zero-order valence-corrected chi connectivity index (χ0v) is 30.8. The van der Waals surface area contributed by atoms with Gasteiger partial charge in [-0.2, -0.15) is 0 Å². The number of hydrogen-bond acceptors (Lipinski definition) is 1. The topological polar surface area (TPSA) is 13.1 Å². The van der Waals surface area contributed by atoms with Crippen molar-refractivity contribution in [2.24, 2.45) is 0 Å². The Kier molecular flexibility index (Phi) is 8.67. The molecule has 0 N–H and O–H groups in total. The summed E-state index contributed by atoms with van der Waals surface area (Å²) in [7, 11) is 0. The molecule has 1 atom stereocenters. The van der Waals surface area contributed by atoms with E-state index in [-0.39, 0.29) is 5.92 Å². The van der Waals surface area contributed by atoms with Gasteiger partial charge in [0.05, 0.1) is 0 Å². The number of benzene rings is 9. The Labute approximate surface area is 327 Å². The van der Waals surface area contributed by atoms with Gasteiger partial charge >= 0.3 is 0 Å². The lowest BCUT2D eigenvalue weighted by molar-refractivity contribution is 0.669. The zero-order valence-electron chi connectivity index (χ0n) is 30.8. The molecule has 0 fully saturated rings. The molecule has 56 heavy (non-hydrogen) atoms. The van der Waals surface area contributed by atoms with Crippen molar-refractivity contribution in [3.05, 3.63) is 241 Å². The maximum atomic E-state index is 6.11. The molecule has 9 aromatic carbocycles. The predicted octanol–water partition coefficient (Wildman–Crippen LogP) is 15.1. The fourth-order valence-corrected chi connectivity index (χ4v) is 8.08. The Balaban J connectivity index is 0.992. The normalized spacial score (nSPS) is 11.9. The second-order valence-electron chi connectivity index (χ2n) is 14.5. The van der Waals surface area contributed by atoms with Crippen LogP contribution in [0.5, 0.6) is 0 Å². The van der Waals surface area contributed by atoms with E-state index in [1.807, 2.05) is 12.1 Å². The van der Waals surface area contributed by atoms with Gasteiger partial charge in [0.2, 0.25) is 0 Å². The molecule has 0 amide bonds. The van der Waals surface area contributed by atoms with Gasteiger partial charge in [0.15, 0.2) is 0 Å². The minimum Gasteiger partial charge on any atom is -0.456 e. The van der Waals surface area contributed by atoms with Crippen LogP contribution in [0, 0.1) is 0 Å². The van der Waals surface area contributed by atoms with Crippen LogP contribution < -0.4 is 0 Å². The van der Waals surface area contributed by atoms with Crippen molar-refractivity contribution < 1.29 is 4.42 Å². The third-order valence-electron chi connectivity index (χ3n) is 11.1. The number of para-hydroxylation sites is 1. The summed E-state index contributed by atoms with van der Waals surface area (Å²) in [6.45, 7) is 0. The Morgan fingerprint density at radius 2 is 0.571 bits per heavy atom. The predicted molar refractivity (Wildman–Crippen MR) is 235 cm³/mol. The lowest BCUT2D eigenvalue weighted by Crippen LogP contribution is -2.03. The van der Waals surface area contributed by atoms with Gasteiger partial charge in [-0.25, -0.2) is 0 Å². The highest BCUT2D eigenvalue weighted by molar-refractivity contribution is 6.06. The minimum atomic E-state index is 0.0588. The molecule has 0 aliphatic heterocycles.